The third-order valence-electron chi connectivity index (χ3n) is 6.40. The molecule has 0 nitrogen and oxygen atoms in total. The van der Waals surface area contributed by atoms with Gasteiger partial charge in [-0.1, -0.05) is 104 Å². The SMILES string of the molecule is CC1C=CC2=C(C=C1)C1(c3ccccc32)c2ccccc2-c2ccccc21. The lowest BCUT2D eigenvalue weighted by Gasteiger charge is -2.31. The molecule has 0 saturated heterocycles. The normalized spacial score (nSPS) is 20.3. The van der Waals surface area contributed by atoms with Crippen LogP contribution in [0.5, 0.6) is 0 Å². The lowest BCUT2D eigenvalue weighted by Crippen LogP contribution is -2.26. The smallest absolute Gasteiger partial charge is 0.0725 e. The van der Waals surface area contributed by atoms with Crippen molar-refractivity contribution in [1.29, 1.82) is 0 Å². The summed E-state index contributed by atoms with van der Waals surface area (Å²) in [4.78, 5) is 0. The first-order chi connectivity index (χ1) is 13.3. The summed E-state index contributed by atoms with van der Waals surface area (Å²) in [6, 6.07) is 26.9. The quantitative estimate of drug-likeness (QED) is 0.435. The van der Waals surface area contributed by atoms with Crippen LogP contribution in [0.15, 0.2) is 103 Å². The van der Waals surface area contributed by atoms with Crippen molar-refractivity contribution in [3.05, 3.63) is 125 Å². The van der Waals surface area contributed by atoms with Gasteiger partial charge in [0.15, 0.2) is 0 Å². The standard InChI is InChI=1S/C27H20/c1-18-14-16-22-21-10-4-7-13-25(21)27(26(22)17-15-18)23-11-5-2-8-19(23)20-9-3-6-12-24(20)27/h2-18H,1H3. The Morgan fingerprint density at radius 2 is 1.07 bits per heavy atom. The predicted molar refractivity (Wildman–Crippen MR) is 113 cm³/mol. The average molecular weight is 344 g/mol. The van der Waals surface area contributed by atoms with Gasteiger partial charge in [0.05, 0.1) is 5.41 Å². The van der Waals surface area contributed by atoms with E-state index in [2.05, 4.69) is 104 Å². The van der Waals surface area contributed by atoms with E-state index in [1.54, 1.807) is 0 Å². The molecule has 0 heteroatoms. The molecule has 0 saturated carbocycles. The zero-order valence-electron chi connectivity index (χ0n) is 15.3. The summed E-state index contributed by atoms with van der Waals surface area (Å²) in [5.74, 6) is 0.451. The number of allylic oxidation sites excluding steroid dienone is 6. The van der Waals surface area contributed by atoms with Crippen molar-refractivity contribution in [2.24, 2.45) is 5.92 Å². The summed E-state index contributed by atoms with van der Waals surface area (Å²) >= 11 is 0. The molecular weight excluding hydrogens is 324 g/mol. The van der Waals surface area contributed by atoms with Crippen LogP contribution in [0.2, 0.25) is 0 Å². The molecule has 3 aliphatic carbocycles. The summed E-state index contributed by atoms with van der Waals surface area (Å²) in [6.45, 7) is 2.25. The highest BCUT2D eigenvalue weighted by atomic mass is 14.5. The van der Waals surface area contributed by atoms with Gasteiger partial charge >= 0.3 is 0 Å². The molecule has 3 aliphatic rings. The van der Waals surface area contributed by atoms with Crippen LogP contribution < -0.4 is 0 Å². The minimum atomic E-state index is -0.204. The van der Waals surface area contributed by atoms with Crippen molar-refractivity contribution in [3.63, 3.8) is 0 Å². The Balaban J connectivity index is 1.83. The van der Waals surface area contributed by atoms with Gasteiger partial charge in [-0.25, -0.2) is 0 Å². The number of benzene rings is 3. The molecule has 0 aliphatic heterocycles. The minimum absolute atomic E-state index is 0.204. The molecule has 27 heavy (non-hydrogen) atoms. The fraction of sp³-hybridized carbons (Fsp3) is 0.111. The second-order valence-electron chi connectivity index (χ2n) is 7.79. The van der Waals surface area contributed by atoms with Crippen LogP contribution in [0, 0.1) is 5.92 Å². The first-order valence-corrected chi connectivity index (χ1v) is 9.72. The van der Waals surface area contributed by atoms with E-state index in [1.807, 2.05) is 0 Å². The molecule has 128 valence electrons. The molecule has 0 N–H and O–H groups in total. The van der Waals surface area contributed by atoms with Crippen LogP contribution in [0.1, 0.15) is 29.2 Å². The Labute approximate surface area is 160 Å². The number of rotatable bonds is 0. The number of hydrogen-bond donors (Lipinski definition) is 0. The van der Waals surface area contributed by atoms with E-state index in [1.165, 1.54) is 44.5 Å². The van der Waals surface area contributed by atoms with Crippen LogP contribution in [-0.4, -0.2) is 0 Å². The van der Waals surface area contributed by atoms with E-state index in [4.69, 9.17) is 0 Å². The lowest BCUT2D eigenvalue weighted by molar-refractivity contribution is 0.784. The summed E-state index contributed by atoms with van der Waals surface area (Å²) in [7, 11) is 0. The minimum Gasteiger partial charge on any atom is -0.0775 e. The summed E-state index contributed by atoms with van der Waals surface area (Å²) in [5, 5.41) is 0. The van der Waals surface area contributed by atoms with E-state index >= 15 is 0 Å². The third kappa shape index (κ3) is 1.73. The van der Waals surface area contributed by atoms with Crippen LogP contribution in [-0.2, 0) is 5.41 Å². The van der Waals surface area contributed by atoms with Gasteiger partial charge in [0.2, 0.25) is 0 Å². The summed E-state index contributed by atoms with van der Waals surface area (Å²) in [5.41, 5.74) is 10.9. The summed E-state index contributed by atoms with van der Waals surface area (Å²) in [6.07, 6.45) is 9.40. The molecule has 0 heterocycles. The molecule has 1 unspecified atom stereocenters. The van der Waals surface area contributed by atoms with E-state index in [0.717, 1.165) is 0 Å². The van der Waals surface area contributed by atoms with Crippen molar-refractivity contribution in [2.75, 3.05) is 0 Å². The van der Waals surface area contributed by atoms with E-state index in [0.29, 0.717) is 5.92 Å². The molecule has 3 aromatic rings. The van der Waals surface area contributed by atoms with Gasteiger partial charge in [-0.15, -0.1) is 0 Å². The van der Waals surface area contributed by atoms with Crippen LogP contribution >= 0.6 is 0 Å². The molecular formula is C27H20. The van der Waals surface area contributed by atoms with Gasteiger partial charge in [-0.05, 0) is 50.4 Å². The summed E-state index contributed by atoms with van der Waals surface area (Å²) < 4.78 is 0. The fourth-order valence-electron chi connectivity index (χ4n) is 5.31. The molecule has 0 bridgehead atoms. The van der Waals surface area contributed by atoms with Crippen LogP contribution in [0.3, 0.4) is 0 Å². The Morgan fingerprint density at radius 3 is 1.70 bits per heavy atom. The highest BCUT2D eigenvalue weighted by Gasteiger charge is 2.51. The first-order valence-electron chi connectivity index (χ1n) is 9.72. The second-order valence-corrected chi connectivity index (χ2v) is 7.79. The molecule has 6 rings (SSSR count). The van der Waals surface area contributed by atoms with E-state index in [-0.39, 0.29) is 5.41 Å². The van der Waals surface area contributed by atoms with E-state index in [9.17, 15) is 0 Å². The van der Waals surface area contributed by atoms with Gasteiger partial charge in [-0.3, -0.25) is 0 Å². The molecule has 1 atom stereocenters. The van der Waals surface area contributed by atoms with Gasteiger partial charge in [0.25, 0.3) is 0 Å². The Morgan fingerprint density at radius 1 is 0.593 bits per heavy atom. The maximum absolute atomic E-state index is 2.39. The lowest BCUT2D eigenvalue weighted by atomic mass is 9.69. The van der Waals surface area contributed by atoms with Gasteiger partial charge in [-0.2, -0.15) is 0 Å². The van der Waals surface area contributed by atoms with E-state index < -0.39 is 0 Å². The fourth-order valence-corrected chi connectivity index (χ4v) is 5.31. The van der Waals surface area contributed by atoms with Gasteiger partial charge < -0.3 is 0 Å². The Kier molecular flexibility index (Phi) is 2.89. The molecule has 0 amide bonds. The predicted octanol–water partition coefficient (Wildman–Crippen LogP) is 6.53. The van der Waals surface area contributed by atoms with Crippen LogP contribution in [0.4, 0.5) is 0 Å². The van der Waals surface area contributed by atoms with Crippen LogP contribution in [0.25, 0.3) is 16.7 Å². The van der Waals surface area contributed by atoms with Crippen molar-refractivity contribution in [1.82, 2.24) is 0 Å². The Bertz CT molecular complexity index is 1140. The highest BCUT2D eigenvalue weighted by Crippen LogP contribution is 2.62. The molecule has 0 fully saturated rings. The van der Waals surface area contributed by atoms with Gasteiger partial charge in [0, 0.05) is 0 Å². The maximum atomic E-state index is 2.39. The van der Waals surface area contributed by atoms with Crippen molar-refractivity contribution in [2.45, 2.75) is 12.3 Å². The molecule has 1 spiro atoms. The van der Waals surface area contributed by atoms with Crippen molar-refractivity contribution < 1.29 is 0 Å². The number of hydrogen-bond acceptors (Lipinski definition) is 0. The topological polar surface area (TPSA) is 0 Å². The monoisotopic (exact) mass is 344 g/mol. The second kappa shape index (κ2) is 5.20. The van der Waals surface area contributed by atoms with Gasteiger partial charge in [0.1, 0.15) is 0 Å². The Hall–Kier alpha value is -3.12. The molecule has 0 radical (unpaired) electrons. The van der Waals surface area contributed by atoms with Crippen molar-refractivity contribution >= 4 is 5.57 Å². The molecule has 3 aromatic carbocycles. The average Bonchev–Trinajstić information content (AvgIpc) is 3.08. The highest BCUT2D eigenvalue weighted by molar-refractivity contribution is 5.98. The molecule has 0 aromatic heterocycles. The first kappa shape index (κ1) is 15.0. The maximum Gasteiger partial charge on any atom is 0.0725 e. The number of fused-ring (bicyclic) bond motifs is 9. The van der Waals surface area contributed by atoms with Crippen molar-refractivity contribution in [3.8, 4) is 11.1 Å². The largest absolute Gasteiger partial charge is 0.0775 e. The zero-order chi connectivity index (χ0) is 18.0. The third-order valence-corrected chi connectivity index (χ3v) is 6.40. The zero-order valence-corrected chi connectivity index (χ0v) is 15.3.